The molecular formula is C20H14ClN3O3. The third-order valence-corrected chi connectivity index (χ3v) is 4.05. The van der Waals surface area contributed by atoms with E-state index in [9.17, 15) is 5.21 Å². The molecule has 0 amide bonds. The van der Waals surface area contributed by atoms with Crippen molar-refractivity contribution in [2.24, 2.45) is 0 Å². The monoisotopic (exact) mass is 379 g/mol. The van der Waals surface area contributed by atoms with Gasteiger partial charge >= 0.3 is 6.01 Å². The highest BCUT2D eigenvalue weighted by atomic mass is 35.5. The molecule has 0 atom stereocenters. The molecule has 0 saturated heterocycles. The van der Waals surface area contributed by atoms with Crippen LogP contribution in [0, 0.1) is 5.21 Å². The van der Waals surface area contributed by atoms with Crippen LogP contribution in [0.2, 0.25) is 5.02 Å². The van der Waals surface area contributed by atoms with Crippen LogP contribution in [0.5, 0.6) is 17.5 Å². The number of aromatic nitrogens is 3. The molecule has 1 heterocycles. The first kappa shape index (κ1) is 17.1. The maximum atomic E-state index is 12.0. The summed E-state index contributed by atoms with van der Waals surface area (Å²) in [7, 11) is 0. The molecule has 0 aliphatic heterocycles. The van der Waals surface area contributed by atoms with Crippen molar-refractivity contribution in [2.75, 3.05) is 0 Å². The van der Waals surface area contributed by atoms with Gasteiger partial charge in [0.25, 0.3) is 5.52 Å². The van der Waals surface area contributed by atoms with Crippen LogP contribution in [0.3, 0.4) is 0 Å². The van der Waals surface area contributed by atoms with E-state index >= 15 is 0 Å². The number of hydrogen-bond acceptors (Lipinski definition) is 5. The predicted octanol–water partition coefficient (Wildman–Crippen LogP) is 4.29. The van der Waals surface area contributed by atoms with Crippen molar-refractivity contribution in [3.05, 3.63) is 88.6 Å². The Morgan fingerprint density at radius 3 is 2.44 bits per heavy atom. The van der Waals surface area contributed by atoms with Gasteiger partial charge in [0, 0.05) is 11.1 Å². The van der Waals surface area contributed by atoms with Crippen molar-refractivity contribution in [3.63, 3.8) is 0 Å². The fourth-order valence-electron chi connectivity index (χ4n) is 2.49. The summed E-state index contributed by atoms with van der Waals surface area (Å²) in [5.74, 6) is 1.20. The summed E-state index contributed by atoms with van der Waals surface area (Å²) >= 11 is 5.89. The average Bonchev–Trinajstić information content (AvgIpc) is 2.69. The smallest absolute Gasteiger partial charge is 0.386 e. The van der Waals surface area contributed by atoms with Crippen LogP contribution in [0.15, 0.2) is 72.8 Å². The Labute approximate surface area is 160 Å². The van der Waals surface area contributed by atoms with E-state index in [-0.39, 0.29) is 11.5 Å². The third kappa shape index (κ3) is 4.07. The van der Waals surface area contributed by atoms with Crippen LogP contribution in [0.25, 0.3) is 11.0 Å². The van der Waals surface area contributed by atoms with Crippen LogP contribution in [-0.4, -0.2) is 10.1 Å². The van der Waals surface area contributed by atoms with Crippen LogP contribution in [-0.2, 0) is 6.61 Å². The standard InChI is InChI=1S/C20H14ClN3O3/c21-15-6-11-18-19(12-15)24(25)23-20(22-18)27-17-9-7-16(8-10-17)26-13-14-4-2-1-3-5-14/h1-12H,13H2. The van der Waals surface area contributed by atoms with E-state index in [4.69, 9.17) is 21.1 Å². The number of benzene rings is 3. The molecule has 0 spiro atoms. The molecule has 1 aromatic heterocycles. The minimum atomic E-state index is -0.0437. The molecule has 6 nitrogen and oxygen atoms in total. The molecule has 0 aliphatic carbocycles. The van der Waals surface area contributed by atoms with E-state index < -0.39 is 0 Å². The van der Waals surface area contributed by atoms with Crippen molar-refractivity contribution in [1.29, 1.82) is 0 Å². The molecule has 0 saturated carbocycles. The lowest BCUT2D eigenvalue weighted by molar-refractivity contribution is -0.643. The van der Waals surface area contributed by atoms with Crippen LogP contribution in [0.1, 0.15) is 5.56 Å². The fourth-order valence-corrected chi connectivity index (χ4v) is 2.66. The zero-order valence-corrected chi connectivity index (χ0v) is 14.8. The van der Waals surface area contributed by atoms with Gasteiger partial charge in [0.15, 0.2) is 0 Å². The van der Waals surface area contributed by atoms with Gasteiger partial charge in [-0.15, -0.1) is 0 Å². The SMILES string of the molecule is [O-][n+]1nc(Oc2ccc(OCc3ccccc3)cc2)nc2ccc(Cl)cc21. The molecule has 4 rings (SSSR count). The lowest BCUT2D eigenvalue weighted by Crippen LogP contribution is -2.32. The summed E-state index contributed by atoms with van der Waals surface area (Å²) in [5, 5.41) is 16.2. The summed E-state index contributed by atoms with van der Waals surface area (Å²) in [4.78, 5) is 4.67. The second-order valence-electron chi connectivity index (χ2n) is 5.75. The van der Waals surface area contributed by atoms with Gasteiger partial charge in [-0.25, -0.2) is 0 Å². The van der Waals surface area contributed by atoms with Crippen molar-refractivity contribution in [1.82, 2.24) is 10.1 Å². The minimum absolute atomic E-state index is 0.0437. The Hall–Kier alpha value is -3.38. The van der Waals surface area contributed by atoms with Gasteiger partial charge < -0.3 is 14.7 Å². The summed E-state index contributed by atoms with van der Waals surface area (Å²) in [6.07, 6.45) is 0. The molecule has 0 bridgehead atoms. The highest BCUT2D eigenvalue weighted by Gasteiger charge is 2.13. The molecule has 134 valence electrons. The van der Waals surface area contributed by atoms with E-state index in [2.05, 4.69) is 10.1 Å². The number of rotatable bonds is 5. The summed E-state index contributed by atoms with van der Waals surface area (Å²) < 4.78 is 11.3. The third-order valence-electron chi connectivity index (χ3n) is 3.82. The van der Waals surface area contributed by atoms with Crippen molar-refractivity contribution in [3.8, 4) is 17.5 Å². The molecule has 0 N–H and O–H groups in total. The van der Waals surface area contributed by atoms with E-state index in [0.717, 1.165) is 5.56 Å². The molecular weight excluding hydrogens is 366 g/mol. The van der Waals surface area contributed by atoms with Crippen molar-refractivity contribution in [2.45, 2.75) is 6.61 Å². The lowest BCUT2D eigenvalue weighted by Gasteiger charge is -2.08. The average molecular weight is 380 g/mol. The van der Waals surface area contributed by atoms with Crippen molar-refractivity contribution >= 4 is 22.6 Å². The van der Waals surface area contributed by atoms with Gasteiger partial charge in [0.05, 0.1) is 5.10 Å². The Balaban J connectivity index is 1.46. The molecule has 7 heteroatoms. The largest absolute Gasteiger partial charge is 0.594 e. The highest BCUT2D eigenvalue weighted by Crippen LogP contribution is 2.23. The normalized spacial score (nSPS) is 10.7. The number of nitrogens with zero attached hydrogens (tertiary/aromatic N) is 3. The number of halogens is 1. The fraction of sp³-hybridized carbons (Fsp3) is 0.0500. The maximum Gasteiger partial charge on any atom is 0.386 e. The molecule has 0 radical (unpaired) electrons. The first-order chi connectivity index (χ1) is 13.2. The first-order valence-electron chi connectivity index (χ1n) is 8.19. The van der Waals surface area contributed by atoms with Gasteiger partial charge in [-0.2, -0.15) is 4.98 Å². The number of ether oxygens (including phenoxy) is 2. The molecule has 0 unspecified atom stereocenters. The quantitative estimate of drug-likeness (QED) is 0.382. The molecule has 4 aromatic rings. The first-order valence-corrected chi connectivity index (χ1v) is 8.57. The Morgan fingerprint density at radius 2 is 1.67 bits per heavy atom. The van der Waals surface area contributed by atoms with Crippen LogP contribution < -0.4 is 14.3 Å². The molecule has 27 heavy (non-hydrogen) atoms. The van der Waals surface area contributed by atoms with Gasteiger partial charge in [-0.05, 0) is 46.8 Å². The summed E-state index contributed by atoms with van der Waals surface area (Å²) in [5.41, 5.74) is 1.81. The van der Waals surface area contributed by atoms with Gasteiger partial charge in [0.2, 0.25) is 0 Å². The summed E-state index contributed by atoms with van der Waals surface area (Å²) in [6, 6.07) is 21.7. The van der Waals surface area contributed by atoms with E-state index in [0.29, 0.717) is 33.5 Å². The van der Waals surface area contributed by atoms with E-state index in [1.807, 2.05) is 30.3 Å². The van der Waals surface area contributed by atoms with Crippen LogP contribution in [0.4, 0.5) is 0 Å². The Kier molecular flexibility index (Phi) is 4.72. The lowest BCUT2D eigenvalue weighted by atomic mass is 10.2. The maximum absolute atomic E-state index is 12.0. The van der Waals surface area contributed by atoms with Crippen molar-refractivity contribution < 1.29 is 14.3 Å². The van der Waals surface area contributed by atoms with E-state index in [1.54, 1.807) is 36.4 Å². The topological polar surface area (TPSA) is 71.2 Å². The van der Waals surface area contributed by atoms with Gasteiger partial charge in [0.1, 0.15) is 23.6 Å². The van der Waals surface area contributed by atoms with Crippen LogP contribution >= 0.6 is 11.6 Å². The Morgan fingerprint density at radius 1 is 0.926 bits per heavy atom. The molecule has 3 aromatic carbocycles. The zero-order valence-electron chi connectivity index (χ0n) is 14.1. The van der Waals surface area contributed by atoms with Gasteiger partial charge in [-0.3, -0.25) is 0 Å². The molecule has 0 aliphatic rings. The van der Waals surface area contributed by atoms with E-state index in [1.165, 1.54) is 6.07 Å². The zero-order chi connectivity index (χ0) is 18.6. The molecule has 0 fully saturated rings. The Bertz CT molecular complexity index is 1070. The minimum Gasteiger partial charge on any atom is -0.594 e. The second kappa shape index (κ2) is 7.47. The number of fused-ring (bicyclic) bond motifs is 1. The highest BCUT2D eigenvalue weighted by molar-refractivity contribution is 6.31. The van der Waals surface area contributed by atoms with Gasteiger partial charge in [-0.1, -0.05) is 41.9 Å². The number of hydrogen-bond donors (Lipinski definition) is 0. The second-order valence-corrected chi connectivity index (χ2v) is 6.18. The predicted molar refractivity (Wildman–Crippen MR) is 101 cm³/mol. The summed E-state index contributed by atoms with van der Waals surface area (Å²) in [6.45, 7) is 0.480.